The molecular formula is C15H22N5O6P. The van der Waals surface area contributed by atoms with E-state index in [0.717, 1.165) is 6.42 Å². The molecular weight excluding hydrogens is 377 g/mol. The van der Waals surface area contributed by atoms with Crippen LogP contribution in [0.15, 0.2) is 12.7 Å². The third-order valence-electron chi connectivity index (χ3n) is 4.66. The van der Waals surface area contributed by atoms with Gasteiger partial charge in [0.15, 0.2) is 11.5 Å². The summed E-state index contributed by atoms with van der Waals surface area (Å²) in [6.45, 7) is 0. The third-order valence-corrected chi connectivity index (χ3v) is 6.58. The first-order chi connectivity index (χ1) is 12.9. The fourth-order valence-electron chi connectivity index (χ4n) is 3.24. The molecule has 1 fully saturated rings. The van der Waals surface area contributed by atoms with Gasteiger partial charge in [-0.05, 0) is 19.3 Å². The van der Waals surface area contributed by atoms with Crippen LogP contribution in [0.2, 0.25) is 0 Å². The Morgan fingerprint density at radius 3 is 2.67 bits per heavy atom. The molecule has 1 aliphatic carbocycles. The first-order valence-corrected chi connectivity index (χ1v) is 9.92. The zero-order valence-electron chi connectivity index (χ0n) is 15.3. The molecule has 0 bridgehead atoms. The van der Waals surface area contributed by atoms with E-state index in [9.17, 15) is 9.36 Å². The van der Waals surface area contributed by atoms with Crippen LogP contribution >= 0.6 is 7.60 Å². The van der Waals surface area contributed by atoms with Crippen molar-refractivity contribution in [1.29, 1.82) is 0 Å². The molecule has 3 rings (SSSR count). The summed E-state index contributed by atoms with van der Waals surface area (Å²) in [6.07, 6.45) is 4.68. The van der Waals surface area contributed by atoms with E-state index in [1.807, 2.05) is 4.57 Å². The van der Waals surface area contributed by atoms with Crippen molar-refractivity contribution in [1.82, 2.24) is 19.5 Å². The average Bonchev–Trinajstić information content (AvgIpc) is 3.32. The number of aromatic nitrogens is 4. The zero-order valence-corrected chi connectivity index (χ0v) is 16.2. The summed E-state index contributed by atoms with van der Waals surface area (Å²) in [4.78, 5) is 24.5. The van der Waals surface area contributed by atoms with Crippen molar-refractivity contribution in [2.75, 3.05) is 27.1 Å². The highest BCUT2D eigenvalue weighted by atomic mass is 31.2. The number of nitrogens with two attached hydrogens (primary N) is 1. The number of nitrogen functional groups attached to an aromatic ring is 1. The van der Waals surface area contributed by atoms with Crippen LogP contribution in [0.4, 0.5) is 5.82 Å². The number of nitrogens with zero attached hydrogens (tertiary/aromatic N) is 4. The van der Waals surface area contributed by atoms with Gasteiger partial charge in [-0.1, -0.05) is 0 Å². The number of methoxy groups -OCH3 is 1. The van der Waals surface area contributed by atoms with Crippen molar-refractivity contribution in [2.24, 2.45) is 0 Å². The van der Waals surface area contributed by atoms with Crippen LogP contribution in [-0.2, 0) is 27.9 Å². The van der Waals surface area contributed by atoms with Gasteiger partial charge >= 0.3 is 13.6 Å². The Morgan fingerprint density at radius 2 is 2.00 bits per heavy atom. The Balaban J connectivity index is 1.77. The van der Waals surface area contributed by atoms with E-state index < -0.39 is 19.4 Å². The second kappa shape index (κ2) is 7.89. The Morgan fingerprint density at radius 1 is 1.26 bits per heavy atom. The lowest BCUT2D eigenvalue weighted by Gasteiger charge is -2.25. The number of ether oxygens (including phenoxy) is 2. The molecule has 2 aromatic rings. The fourth-order valence-corrected chi connectivity index (χ4v) is 4.46. The first kappa shape index (κ1) is 19.7. The molecule has 1 aliphatic rings. The number of hydrogen-bond donors (Lipinski definition) is 1. The van der Waals surface area contributed by atoms with E-state index >= 15 is 0 Å². The maximum atomic E-state index is 12.6. The number of anilines is 1. The number of carbonyl (C=O) groups excluding carboxylic acids is 1. The molecule has 0 aromatic carbocycles. The number of fused-ring (bicyclic) bond motifs is 1. The summed E-state index contributed by atoms with van der Waals surface area (Å²) in [6, 6.07) is 0.0390. The van der Waals surface area contributed by atoms with Crippen molar-refractivity contribution in [2.45, 2.75) is 37.3 Å². The summed E-state index contributed by atoms with van der Waals surface area (Å²) in [5.74, 6) is -1.94. The molecule has 1 saturated carbocycles. The minimum Gasteiger partial charge on any atom is -0.467 e. The van der Waals surface area contributed by atoms with Gasteiger partial charge in [0.2, 0.25) is 0 Å². The van der Waals surface area contributed by atoms with E-state index in [1.54, 1.807) is 6.33 Å². The second-order valence-electron chi connectivity index (χ2n) is 6.09. The van der Waals surface area contributed by atoms with Crippen molar-refractivity contribution in [3.05, 3.63) is 12.7 Å². The van der Waals surface area contributed by atoms with Crippen LogP contribution in [0, 0.1) is 0 Å². The molecule has 148 valence electrons. The van der Waals surface area contributed by atoms with E-state index in [-0.39, 0.29) is 12.1 Å². The molecule has 1 unspecified atom stereocenters. The van der Waals surface area contributed by atoms with E-state index in [1.165, 1.54) is 27.7 Å². The highest BCUT2D eigenvalue weighted by Crippen LogP contribution is 2.53. The molecule has 2 aromatic heterocycles. The minimum atomic E-state index is -3.79. The van der Waals surface area contributed by atoms with E-state index in [0.29, 0.717) is 29.8 Å². The normalized spacial score (nSPS) is 21.4. The summed E-state index contributed by atoms with van der Waals surface area (Å²) in [7, 11) is -0.213. The van der Waals surface area contributed by atoms with Crippen molar-refractivity contribution in [3.63, 3.8) is 0 Å². The molecule has 0 aliphatic heterocycles. The van der Waals surface area contributed by atoms with Gasteiger partial charge in [-0.2, -0.15) is 0 Å². The zero-order chi connectivity index (χ0) is 19.6. The molecule has 11 nitrogen and oxygen atoms in total. The quantitative estimate of drug-likeness (QED) is 0.538. The molecule has 2 heterocycles. The van der Waals surface area contributed by atoms with Crippen molar-refractivity contribution < 1.29 is 27.9 Å². The van der Waals surface area contributed by atoms with Crippen LogP contribution in [0.5, 0.6) is 0 Å². The van der Waals surface area contributed by atoms with Crippen molar-refractivity contribution in [3.8, 4) is 0 Å². The van der Waals surface area contributed by atoms with Crippen LogP contribution in [0.25, 0.3) is 11.2 Å². The Kier molecular flexibility index (Phi) is 5.75. The smallest absolute Gasteiger partial charge is 0.370 e. The summed E-state index contributed by atoms with van der Waals surface area (Å²) < 4.78 is 34.9. The third kappa shape index (κ3) is 3.68. The van der Waals surface area contributed by atoms with E-state index in [4.69, 9.17) is 24.3 Å². The average molecular weight is 399 g/mol. The van der Waals surface area contributed by atoms with Gasteiger partial charge < -0.3 is 28.8 Å². The number of imidazole rings is 1. The fraction of sp³-hybridized carbons (Fsp3) is 0.600. The van der Waals surface area contributed by atoms with Gasteiger partial charge in [0.1, 0.15) is 11.8 Å². The Hall–Kier alpha value is -2.07. The predicted molar refractivity (Wildman–Crippen MR) is 94.9 cm³/mol. The van der Waals surface area contributed by atoms with E-state index in [2.05, 4.69) is 15.0 Å². The predicted octanol–water partition coefficient (Wildman–Crippen LogP) is 1.50. The van der Waals surface area contributed by atoms with Crippen LogP contribution in [-0.4, -0.2) is 58.8 Å². The second-order valence-corrected chi connectivity index (χ2v) is 8.37. The highest BCUT2D eigenvalue weighted by molar-refractivity contribution is 7.55. The molecule has 12 heteroatoms. The van der Waals surface area contributed by atoms with Crippen LogP contribution < -0.4 is 5.73 Å². The van der Waals surface area contributed by atoms with Crippen LogP contribution in [0.3, 0.4) is 0 Å². The van der Waals surface area contributed by atoms with Gasteiger partial charge in [0.25, 0.3) is 5.85 Å². The Bertz CT molecular complexity index is 865. The number of rotatable bonds is 7. The Labute approximate surface area is 155 Å². The van der Waals surface area contributed by atoms with Gasteiger partial charge in [-0.3, -0.25) is 4.57 Å². The van der Waals surface area contributed by atoms with Gasteiger partial charge in [0, 0.05) is 20.3 Å². The summed E-state index contributed by atoms with van der Waals surface area (Å²) in [5.41, 5.74) is 7.00. The van der Waals surface area contributed by atoms with Crippen LogP contribution in [0.1, 0.15) is 25.3 Å². The molecule has 0 amide bonds. The van der Waals surface area contributed by atoms with Gasteiger partial charge in [0.05, 0.1) is 19.5 Å². The summed E-state index contributed by atoms with van der Waals surface area (Å²) >= 11 is 0. The molecule has 2 N–H and O–H groups in total. The molecule has 3 atom stereocenters. The molecule has 27 heavy (non-hydrogen) atoms. The lowest BCUT2D eigenvalue weighted by molar-refractivity contribution is -0.152. The molecule has 0 spiro atoms. The standard InChI is InChI=1S/C15H22N5O6P/c1-23-14(21)15(27(22,24-2)25-3)26-10-5-4-9(6-10)20-8-19-11-12(16)17-7-18-13(11)20/h7-10,15H,4-6H2,1-3H3,(H2,16,17,18)/t9-,10+,15?/m0/s1. The minimum absolute atomic E-state index is 0.0390. The number of esters is 1. The number of carbonyl (C=O) groups is 1. The lowest BCUT2D eigenvalue weighted by Crippen LogP contribution is -2.30. The molecule has 0 radical (unpaired) electrons. The van der Waals surface area contributed by atoms with Crippen molar-refractivity contribution >= 4 is 30.5 Å². The lowest BCUT2D eigenvalue weighted by atomic mass is 10.2. The highest BCUT2D eigenvalue weighted by Gasteiger charge is 2.45. The monoisotopic (exact) mass is 399 g/mol. The summed E-state index contributed by atoms with van der Waals surface area (Å²) in [5, 5.41) is 0. The maximum absolute atomic E-state index is 12.6. The SMILES string of the molecule is COC(=O)C(O[C@@H]1CC[C@H](n2cnc3c(N)ncnc32)C1)P(=O)(OC)OC. The maximum Gasteiger partial charge on any atom is 0.370 e. The number of hydrogen-bond acceptors (Lipinski definition) is 10. The molecule has 0 saturated heterocycles. The largest absolute Gasteiger partial charge is 0.467 e. The van der Waals surface area contributed by atoms with Gasteiger partial charge in [-0.25, -0.2) is 19.7 Å². The first-order valence-electron chi connectivity index (χ1n) is 8.31. The topological polar surface area (TPSA) is 141 Å². The van der Waals surface area contributed by atoms with Gasteiger partial charge in [-0.15, -0.1) is 0 Å².